The molecule has 0 saturated carbocycles. The van der Waals surface area contributed by atoms with Crippen LogP contribution in [0.4, 0.5) is 23.2 Å². The molecule has 3 aromatic carbocycles. The van der Waals surface area contributed by atoms with E-state index in [1.165, 1.54) is 68.8 Å². The maximum atomic E-state index is 13.5. The molecule has 0 aliphatic rings. The lowest BCUT2D eigenvalue weighted by atomic mass is 9.97. The number of methoxy groups -OCH3 is 1. The molecule has 11 heteroatoms. The van der Waals surface area contributed by atoms with E-state index in [9.17, 15) is 32.3 Å². The number of alkyl halides is 3. The monoisotopic (exact) mass is 516 g/mol. The number of hydrogen-bond donors (Lipinski definition) is 3. The van der Waals surface area contributed by atoms with E-state index in [1.807, 2.05) is 0 Å². The minimum Gasteiger partial charge on any atom is -0.496 e. The number of rotatable bonds is 7. The molecular formula is C26H20F4N2O5. The first-order valence-corrected chi connectivity index (χ1v) is 10.8. The summed E-state index contributed by atoms with van der Waals surface area (Å²) >= 11 is 0. The molecule has 0 aliphatic heterocycles. The molecule has 0 unspecified atom stereocenters. The molecule has 4 rings (SSSR count). The van der Waals surface area contributed by atoms with Gasteiger partial charge in [-0.25, -0.2) is 9.18 Å². The third-order valence-electron chi connectivity index (χ3n) is 5.61. The number of furan rings is 1. The second-order valence-electron chi connectivity index (χ2n) is 7.98. The van der Waals surface area contributed by atoms with E-state index >= 15 is 0 Å². The van der Waals surface area contributed by atoms with Gasteiger partial charge in [-0.05, 0) is 48.0 Å². The molecule has 3 N–H and O–H groups in total. The lowest BCUT2D eigenvalue weighted by Crippen LogP contribution is -2.21. The number of ether oxygens (including phenoxy) is 1. The molecule has 0 aliphatic carbocycles. The molecule has 0 bridgehead atoms. The number of benzene rings is 3. The van der Waals surface area contributed by atoms with E-state index < -0.39 is 30.4 Å². The van der Waals surface area contributed by atoms with Crippen molar-refractivity contribution in [3.8, 4) is 28.2 Å². The van der Waals surface area contributed by atoms with Gasteiger partial charge in [0, 0.05) is 35.3 Å². The number of fused-ring (bicyclic) bond motifs is 1. The fourth-order valence-corrected chi connectivity index (χ4v) is 3.92. The van der Waals surface area contributed by atoms with Crippen LogP contribution in [0.15, 0.2) is 59.0 Å². The number of carboxylic acids is 1. The molecule has 0 radical (unpaired) electrons. The summed E-state index contributed by atoms with van der Waals surface area (Å²) in [4.78, 5) is 24.6. The van der Waals surface area contributed by atoms with Gasteiger partial charge in [0.1, 0.15) is 35.0 Å². The summed E-state index contributed by atoms with van der Waals surface area (Å²) in [5.41, 5.74) is 0.802. The maximum absolute atomic E-state index is 13.5. The van der Waals surface area contributed by atoms with E-state index in [-0.39, 0.29) is 50.4 Å². The Hall–Kier alpha value is -4.54. The first kappa shape index (κ1) is 25.5. The van der Waals surface area contributed by atoms with Crippen molar-refractivity contribution >= 4 is 28.5 Å². The number of halogens is 4. The minimum absolute atomic E-state index is 0.00538. The summed E-state index contributed by atoms with van der Waals surface area (Å²) < 4.78 is 63.7. The quantitative estimate of drug-likeness (QED) is 0.263. The summed E-state index contributed by atoms with van der Waals surface area (Å²) in [6, 6.07) is 12.1. The average molecular weight is 516 g/mol. The second kappa shape index (κ2) is 9.84. The van der Waals surface area contributed by atoms with E-state index in [4.69, 9.17) is 9.15 Å². The van der Waals surface area contributed by atoms with Crippen molar-refractivity contribution in [2.75, 3.05) is 26.0 Å². The number of amides is 1. The Morgan fingerprint density at radius 2 is 1.70 bits per heavy atom. The zero-order valence-corrected chi connectivity index (χ0v) is 19.5. The summed E-state index contributed by atoms with van der Waals surface area (Å²) in [7, 11) is 2.69. The number of carbonyl (C=O) groups is 2. The molecule has 1 heterocycles. The molecule has 0 atom stereocenters. The predicted molar refractivity (Wildman–Crippen MR) is 128 cm³/mol. The van der Waals surface area contributed by atoms with Crippen LogP contribution >= 0.6 is 0 Å². The van der Waals surface area contributed by atoms with Gasteiger partial charge in [0.25, 0.3) is 5.91 Å². The Morgan fingerprint density at radius 1 is 1.03 bits per heavy atom. The normalized spacial score (nSPS) is 11.4. The third kappa shape index (κ3) is 5.20. The van der Waals surface area contributed by atoms with Crippen LogP contribution in [0.2, 0.25) is 0 Å². The average Bonchev–Trinajstić information content (AvgIpc) is 3.24. The van der Waals surface area contributed by atoms with E-state index in [0.717, 1.165) is 0 Å². The van der Waals surface area contributed by atoms with Gasteiger partial charge in [0.05, 0.1) is 12.7 Å². The maximum Gasteiger partial charge on any atom is 0.405 e. The van der Waals surface area contributed by atoms with Gasteiger partial charge < -0.3 is 24.9 Å². The van der Waals surface area contributed by atoms with Crippen molar-refractivity contribution in [1.29, 1.82) is 0 Å². The van der Waals surface area contributed by atoms with Gasteiger partial charge in [-0.15, -0.1) is 0 Å². The Kier molecular flexibility index (Phi) is 6.80. The zero-order valence-electron chi connectivity index (χ0n) is 19.5. The van der Waals surface area contributed by atoms with Crippen molar-refractivity contribution < 1.29 is 41.4 Å². The van der Waals surface area contributed by atoms with E-state index in [2.05, 4.69) is 10.6 Å². The number of anilines is 1. The van der Waals surface area contributed by atoms with Crippen LogP contribution in [0, 0.1) is 5.82 Å². The first-order valence-electron chi connectivity index (χ1n) is 10.8. The number of hydrogen-bond acceptors (Lipinski definition) is 5. The van der Waals surface area contributed by atoms with Crippen LogP contribution in [0.25, 0.3) is 33.4 Å². The highest BCUT2D eigenvalue weighted by Gasteiger charge is 2.29. The van der Waals surface area contributed by atoms with Crippen molar-refractivity contribution in [2.24, 2.45) is 0 Å². The number of nitrogens with one attached hydrogen (secondary N) is 2. The highest BCUT2D eigenvalue weighted by Crippen LogP contribution is 2.41. The van der Waals surface area contributed by atoms with Crippen LogP contribution in [-0.2, 0) is 0 Å². The highest BCUT2D eigenvalue weighted by atomic mass is 19.4. The SMILES string of the molecule is CNC(=O)c1c(-c2ccc(F)cc2)oc2cc(NCC(F)(F)F)c(-c3ccc(OC)c(C(=O)O)c3)cc12. The molecular weight excluding hydrogens is 496 g/mol. The lowest BCUT2D eigenvalue weighted by Gasteiger charge is -2.15. The Morgan fingerprint density at radius 3 is 2.30 bits per heavy atom. The molecule has 192 valence electrons. The number of carbonyl (C=O) groups excluding carboxylic acids is 1. The molecule has 7 nitrogen and oxygen atoms in total. The van der Waals surface area contributed by atoms with Crippen molar-refractivity contribution in [2.45, 2.75) is 6.18 Å². The molecule has 0 saturated heterocycles. The molecule has 4 aromatic rings. The van der Waals surface area contributed by atoms with Gasteiger partial charge in [0.15, 0.2) is 0 Å². The van der Waals surface area contributed by atoms with Crippen molar-refractivity contribution in [3.63, 3.8) is 0 Å². The topological polar surface area (TPSA) is 101 Å². The Labute approximate surface area is 207 Å². The van der Waals surface area contributed by atoms with Crippen LogP contribution in [0.3, 0.4) is 0 Å². The molecule has 1 amide bonds. The van der Waals surface area contributed by atoms with Crippen LogP contribution < -0.4 is 15.4 Å². The third-order valence-corrected chi connectivity index (χ3v) is 5.61. The Bertz CT molecular complexity index is 1490. The lowest BCUT2D eigenvalue weighted by molar-refractivity contribution is -0.115. The molecule has 1 aromatic heterocycles. The van der Waals surface area contributed by atoms with Gasteiger partial charge in [-0.2, -0.15) is 13.2 Å². The second-order valence-corrected chi connectivity index (χ2v) is 7.98. The predicted octanol–water partition coefficient (Wildman–Crippen LogP) is 5.95. The van der Waals surface area contributed by atoms with Crippen LogP contribution in [0.5, 0.6) is 5.75 Å². The largest absolute Gasteiger partial charge is 0.496 e. The fraction of sp³-hybridized carbons (Fsp3) is 0.154. The smallest absolute Gasteiger partial charge is 0.405 e. The van der Waals surface area contributed by atoms with Gasteiger partial charge >= 0.3 is 12.1 Å². The molecule has 37 heavy (non-hydrogen) atoms. The van der Waals surface area contributed by atoms with Gasteiger partial charge in [-0.1, -0.05) is 6.07 Å². The Balaban J connectivity index is 2.00. The zero-order chi connectivity index (χ0) is 26.9. The minimum atomic E-state index is -4.55. The fourth-order valence-electron chi connectivity index (χ4n) is 3.92. The highest BCUT2D eigenvalue weighted by molar-refractivity contribution is 6.13. The van der Waals surface area contributed by atoms with Gasteiger partial charge in [0.2, 0.25) is 0 Å². The van der Waals surface area contributed by atoms with Crippen molar-refractivity contribution in [3.05, 3.63) is 71.5 Å². The van der Waals surface area contributed by atoms with E-state index in [0.29, 0.717) is 5.56 Å². The number of aromatic carboxylic acids is 1. The summed E-state index contributed by atoms with van der Waals surface area (Å²) in [6.45, 7) is -1.37. The van der Waals surface area contributed by atoms with Crippen LogP contribution in [-0.4, -0.2) is 43.9 Å². The standard InChI is InChI=1S/C26H20F4N2O5/c1-31-24(33)22-17-10-16(14-5-8-20(36-2)18(9-14)25(34)35)19(32-12-26(28,29)30)11-21(17)37-23(22)13-3-6-15(27)7-4-13/h3-11,32H,12H2,1-2H3,(H,31,33)(H,34,35). The first-order chi connectivity index (χ1) is 17.5. The molecule has 0 fully saturated rings. The molecule has 0 spiro atoms. The van der Waals surface area contributed by atoms with Crippen LogP contribution in [0.1, 0.15) is 20.7 Å². The summed E-state index contributed by atoms with van der Waals surface area (Å²) in [5, 5.41) is 14.7. The van der Waals surface area contributed by atoms with E-state index in [1.54, 1.807) is 0 Å². The number of carboxylic acid groups (broad SMARTS) is 1. The van der Waals surface area contributed by atoms with Crippen molar-refractivity contribution in [1.82, 2.24) is 5.32 Å². The van der Waals surface area contributed by atoms with Gasteiger partial charge in [-0.3, -0.25) is 4.79 Å². The summed E-state index contributed by atoms with van der Waals surface area (Å²) in [6.07, 6.45) is -4.55. The summed E-state index contributed by atoms with van der Waals surface area (Å²) in [5.74, 6) is -2.18.